The highest BCUT2D eigenvalue weighted by Crippen LogP contribution is 2.49. The number of rotatable bonds is 1. The van der Waals surface area contributed by atoms with E-state index in [4.69, 9.17) is 0 Å². The first-order valence-electron chi connectivity index (χ1n) is 6.54. The number of pyridine rings is 1. The summed E-state index contributed by atoms with van der Waals surface area (Å²) in [6, 6.07) is 2.62. The molecule has 2 rings (SSSR count). The van der Waals surface area contributed by atoms with Gasteiger partial charge < -0.3 is 0 Å². The van der Waals surface area contributed by atoms with Crippen molar-refractivity contribution >= 4 is 0 Å². The molecule has 0 aliphatic carbocycles. The largest absolute Gasteiger partial charge is 0.417 e. The molecule has 0 atom stereocenters. The maximum absolute atomic E-state index is 13.3. The molecule has 0 radical (unpaired) electrons. The van der Waals surface area contributed by atoms with E-state index >= 15 is 0 Å². The van der Waals surface area contributed by atoms with E-state index in [0.717, 1.165) is 12.3 Å². The molecule has 0 amide bonds. The number of hydrogen-bond acceptors (Lipinski definition) is 1. The number of benzene rings is 1. The minimum absolute atomic E-state index is 0.0189. The molecule has 2 aromatic rings. The van der Waals surface area contributed by atoms with E-state index < -0.39 is 46.5 Å². The minimum Gasteiger partial charge on any atom is -0.256 e. The molecule has 1 nitrogen and oxygen atoms in total. The van der Waals surface area contributed by atoms with Gasteiger partial charge in [0.2, 0.25) is 0 Å². The van der Waals surface area contributed by atoms with Crippen LogP contribution in [-0.2, 0) is 18.5 Å². The van der Waals surface area contributed by atoms with E-state index in [2.05, 4.69) is 4.98 Å². The predicted octanol–water partition coefficient (Wildman–Crippen LogP) is 6.11. The molecule has 0 aliphatic rings. The lowest BCUT2D eigenvalue weighted by molar-refractivity contribution is -0.174. The third kappa shape index (κ3) is 3.88. The molecule has 0 saturated carbocycles. The Morgan fingerprint density at radius 2 is 1.24 bits per heavy atom. The van der Waals surface area contributed by atoms with Crippen LogP contribution in [0, 0.1) is 6.92 Å². The van der Waals surface area contributed by atoms with Crippen molar-refractivity contribution in [2.45, 2.75) is 25.5 Å². The zero-order valence-electron chi connectivity index (χ0n) is 12.2. The van der Waals surface area contributed by atoms with Crippen LogP contribution in [0.1, 0.15) is 22.3 Å². The van der Waals surface area contributed by atoms with Crippen molar-refractivity contribution in [1.29, 1.82) is 0 Å². The Morgan fingerprint density at radius 1 is 0.680 bits per heavy atom. The van der Waals surface area contributed by atoms with Gasteiger partial charge in [-0.1, -0.05) is 12.1 Å². The van der Waals surface area contributed by atoms with Gasteiger partial charge in [-0.2, -0.15) is 39.5 Å². The SMILES string of the molecule is Cc1ccc(-c2ccc(C(F)(F)F)c(C(F)(F)F)c2C(F)(F)F)nc1. The first kappa shape index (κ1) is 19.1. The molecule has 1 aromatic heterocycles. The Kier molecular flexibility index (Phi) is 4.52. The average Bonchev–Trinajstić information content (AvgIpc) is 2.43. The molecule has 0 bridgehead atoms. The van der Waals surface area contributed by atoms with Crippen LogP contribution in [-0.4, -0.2) is 4.98 Å². The Bertz CT molecular complexity index is 768. The van der Waals surface area contributed by atoms with Gasteiger partial charge in [0.25, 0.3) is 0 Å². The van der Waals surface area contributed by atoms with Gasteiger partial charge in [-0.25, -0.2) is 0 Å². The third-order valence-corrected chi connectivity index (χ3v) is 3.27. The van der Waals surface area contributed by atoms with E-state index in [1.165, 1.54) is 13.0 Å². The molecule has 0 spiro atoms. The van der Waals surface area contributed by atoms with Crippen molar-refractivity contribution in [2.75, 3.05) is 0 Å². The quantitative estimate of drug-likeness (QED) is 0.550. The molecule has 0 unspecified atom stereocenters. The fourth-order valence-corrected chi connectivity index (χ4v) is 2.27. The Hall–Kier alpha value is -2.26. The molecule has 0 aliphatic heterocycles. The molecular weight excluding hydrogens is 365 g/mol. The van der Waals surface area contributed by atoms with E-state index in [1.807, 2.05) is 0 Å². The predicted molar refractivity (Wildman–Crippen MR) is 69.4 cm³/mol. The molecule has 25 heavy (non-hydrogen) atoms. The fourth-order valence-electron chi connectivity index (χ4n) is 2.27. The van der Waals surface area contributed by atoms with Crippen molar-refractivity contribution in [3.8, 4) is 11.3 Å². The van der Waals surface area contributed by atoms with Crippen molar-refractivity contribution in [1.82, 2.24) is 4.98 Å². The van der Waals surface area contributed by atoms with E-state index in [0.29, 0.717) is 11.6 Å². The van der Waals surface area contributed by atoms with Crippen LogP contribution < -0.4 is 0 Å². The lowest BCUT2D eigenvalue weighted by Gasteiger charge is -2.23. The summed E-state index contributed by atoms with van der Waals surface area (Å²) >= 11 is 0. The molecular formula is C15H8F9N. The summed E-state index contributed by atoms with van der Waals surface area (Å²) in [7, 11) is 0. The minimum atomic E-state index is -5.86. The van der Waals surface area contributed by atoms with Gasteiger partial charge in [-0.15, -0.1) is 0 Å². The first-order valence-corrected chi connectivity index (χ1v) is 6.54. The number of hydrogen-bond donors (Lipinski definition) is 0. The van der Waals surface area contributed by atoms with Gasteiger partial charge in [0.05, 0.1) is 22.4 Å². The first-order chi connectivity index (χ1) is 11.2. The van der Waals surface area contributed by atoms with Crippen molar-refractivity contribution in [3.63, 3.8) is 0 Å². The van der Waals surface area contributed by atoms with Crippen LogP contribution in [0.25, 0.3) is 11.3 Å². The summed E-state index contributed by atoms with van der Waals surface area (Å²) in [6.45, 7) is 1.54. The number of aryl methyl sites for hydroxylation is 1. The fraction of sp³-hybridized carbons (Fsp3) is 0.267. The summed E-state index contributed by atoms with van der Waals surface area (Å²) < 4.78 is 118. The molecule has 1 heterocycles. The summed E-state index contributed by atoms with van der Waals surface area (Å²) in [5.41, 5.74) is -8.66. The van der Waals surface area contributed by atoms with E-state index in [-0.39, 0.29) is 6.07 Å². The van der Waals surface area contributed by atoms with Crippen LogP contribution in [0.15, 0.2) is 30.5 Å². The highest BCUT2D eigenvalue weighted by Gasteiger charge is 2.51. The van der Waals surface area contributed by atoms with Crippen molar-refractivity contribution < 1.29 is 39.5 Å². The summed E-state index contributed by atoms with van der Waals surface area (Å²) in [5, 5.41) is 0. The molecule has 136 valence electrons. The highest BCUT2D eigenvalue weighted by atomic mass is 19.4. The van der Waals surface area contributed by atoms with Crippen LogP contribution in [0.5, 0.6) is 0 Å². The Balaban J connectivity index is 2.94. The smallest absolute Gasteiger partial charge is 0.256 e. The van der Waals surface area contributed by atoms with Gasteiger partial charge in [-0.3, -0.25) is 4.98 Å². The van der Waals surface area contributed by atoms with Gasteiger partial charge in [-0.05, 0) is 24.6 Å². The van der Waals surface area contributed by atoms with Gasteiger partial charge in [0.15, 0.2) is 0 Å². The van der Waals surface area contributed by atoms with Gasteiger partial charge >= 0.3 is 18.5 Å². The summed E-state index contributed by atoms with van der Waals surface area (Å²) in [4.78, 5) is 3.59. The lowest BCUT2D eigenvalue weighted by Crippen LogP contribution is -2.24. The maximum atomic E-state index is 13.3. The molecule has 10 heteroatoms. The van der Waals surface area contributed by atoms with Crippen molar-refractivity contribution in [2.24, 2.45) is 0 Å². The number of alkyl halides is 9. The maximum Gasteiger partial charge on any atom is 0.417 e. The van der Waals surface area contributed by atoms with Crippen LogP contribution in [0.2, 0.25) is 0 Å². The summed E-state index contributed by atoms with van der Waals surface area (Å²) in [5.74, 6) is 0. The van der Waals surface area contributed by atoms with E-state index in [9.17, 15) is 39.5 Å². The monoisotopic (exact) mass is 373 g/mol. The summed E-state index contributed by atoms with van der Waals surface area (Å²) in [6.07, 6.45) is -16.0. The van der Waals surface area contributed by atoms with E-state index in [1.54, 1.807) is 0 Å². The second kappa shape index (κ2) is 5.92. The molecule has 0 N–H and O–H groups in total. The molecule has 0 fully saturated rings. The normalized spacial score (nSPS) is 13.2. The molecule has 1 aromatic carbocycles. The number of nitrogens with zero attached hydrogens (tertiary/aromatic N) is 1. The Labute approximate surface area is 135 Å². The standard InChI is InChI=1S/C15H8F9N/c1-7-2-5-10(25-6-7)8-3-4-9(13(16,17)18)12(15(22,23)24)11(8)14(19,20)21/h2-6H,1H3. The number of aromatic nitrogens is 1. The third-order valence-electron chi connectivity index (χ3n) is 3.27. The topological polar surface area (TPSA) is 12.9 Å². The zero-order chi connectivity index (χ0) is 19.2. The number of halogens is 9. The van der Waals surface area contributed by atoms with Crippen LogP contribution >= 0.6 is 0 Å². The second-order valence-corrected chi connectivity index (χ2v) is 5.12. The van der Waals surface area contributed by atoms with Gasteiger partial charge in [0, 0.05) is 11.8 Å². The zero-order valence-corrected chi connectivity index (χ0v) is 12.2. The molecule has 0 saturated heterocycles. The lowest BCUT2D eigenvalue weighted by atomic mass is 9.92. The van der Waals surface area contributed by atoms with Crippen LogP contribution in [0.3, 0.4) is 0 Å². The second-order valence-electron chi connectivity index (χ2n) is 5.12. The van der Waals surface area contributed by atoms with Crippen molar-refractivity contribution in [3.05, 3.63) is 52.7 Å². The van der Waals surface area contributed by atoms with Crippen LogP contribution in [0.4, 0.5) is 39.5 Å². The van der Waals surface area contributed by atoms with Gasteiger partial charge in [0.1, 0.15) is 0 Å². The Morgan fingerprint density at radius 3 is 1.64 bits per heavy atom. The average molecular weight is 373 g/mol. The highest BCUT2D eigenvalue weighted by molar-refractivity contribution is 5.68.